The van der Waals surface area contributed by atoms with Crippen LogP contribution in [-0.2, 0) is 31.1 Å². The van der Waals surface area contributed by atoms with Crippen molar-refractivity contribution in [3.63, 3.8) is 0 Å². The first-order valence-electron chi connectivity index (χ1n) is 2.66. The zero-order valence-electron chi connectivity index (χ0n) is 5.35. The molecule has 0 unspecified atom stereocenters. The topological polar surface area (TPSA) is 0 Å². The van der Waals surface area contributed by atoms with Gasteiger partial charge in [-0.3, -0.25) is 0 Å². The van der Waals surface area contributed by atoms with Crippen LogP contribution in [-0.4, -0.2) is 5.75 Å². The van der Waals surface area contributed by atoms with Gasteiger partial charge in [-0.1, -0.05) is 19.8 Å². The third kappa shape index (κ3) is 10.3. The van der Waals surface area contributed by atoms with Crippen molar-refractivity contribution in [3.8, 4) is 0 Å². The molecule has 3 heteroatoms. The van der Waals surface area contributed by atoms with Crippen LogP contribution in [0.4, 0.5) is 0 Å². The van der Waals surface area contributed by atoms with E-state index in [1.807, 2.05) is 0 Å². The van der Waals surface area contributed by atoms with Crippen molar-refractivity contribution in [2.75, 3.05) is 5.75 Å². The molecule has 0 rings (SSSR count). The quantitative estimate of drug-likeness (QED) is 0.296. The van der Waals surface area contributed by atoms with Gasteiger partial charge in [0.25, 0.3) is 0 Å². The van der Waals surface area contributed by atoms with Gasteiger partial charge in [0.05, 0.1) is 0 Å². The molecule has 46 valence electrons. The van der Waals surface area contributed by atoms with Crippen LogP contribution in [0.25, 0.3) is 0 Å². The van der Waals surface area contributed by atoms with Crippen LogP contribution in [0, 0.1) is 0 Å². The second-order valence-corrected chi connectivity index (χ2v) is 2.88. The van der Waals surface area contributed by atoms with Crippen LogP contribution in [0.5, 0.6) is 0 Å². The van der Waals surface area contributed by atoms with Gasteiger partial charge in [-0.15, -0.1) is 0 Å². The molecule has 0 saturated carbocycles. The summed E-state index contributed by atoms with van der Waals surface area (Å²) >= 11 is 4.68. The summed E-state index contributed by atoms with van der Waals surface area (Å²) in [6, 6.07) is 0. The van der Waals surface area contributed by atoms with Crippen LogP contribution >= 0.6 is 10.8 Å². The second-order valence-electron chi connectivity index (χ2n) is 1.53. The number of hydrogen-bond acceptors (Lipinski definition) is 2. The van der Waals surface area contributed by atoms with Crippen molar-refractivity contribution in [2.45, 2.75) is 26.2 Å². The predicted octanol–water partition coefficient (Wildman–Crippen LogP) is 2.37. The average molecular weight is 201 g/mol. The van der Waals surface area contributed by atoms with Crippen molar-refractivity contribution >= 4 is 22.5 Å². The molecule has 0 aliphatic heterocycles. The Kier molecular flexibility index (Phi) is 16.8. The first-order chi connectivity index (χ1) is 3.41. The van der Waals surface area contributed by atoms with Crippen molar-refractivity contribution in [1.82, 2.24) is 0 Å². The van der Waals surface area contributed by atoms with Crippen molar-refractivity contribution in [2.24, 2.45) is 0 Å². The molecular weight excluding hydrogens is 190 g/mol. The number of hydrogen-bond donors (Lipinski definition) is 0. The molecule has 0 spiro atoms. The fourth-order valence-electron chi connectivity index (χ4n) is 0.411. The second kappa shape index (κ2) is 11.2. The maximum atomic E-state index is 4.68. The Bertz CT molecular complexity index is 29.6. The molecule has 0 heterocycles. The van der Waals surface area contributed by atoms with Gasteiger partial charge in [-0.05, 0) is 12.2 Å². The summed E-state index contributed by atoms with van der Waals surface area (Å²) in [6.07, 6.45) is 3.93. The molecule has 0 nitrogen and oxygen atoms in total. The molecule has 0 atom stereocenters. The largest absolute Gasteiger partial charge is 0.719 e. The van der Waals surface area contributed by atoms with Gasteiger partial charge in [0.2, 0.25) is 0 Å². The summed E-state index contributed by atoms with van der Waals surface area (Å²) < 4.78 is 0. The van der Waals surface area contributed by atoms with E-state index in [9.17, 15) is 0 Å². The minimum atomic E-state index is 0. The minimum absolute atomic E-state index is 0. The Balaban J connectivity index is 0. The Hall–Kier alpha value is 1.32. The van der Waals surface area contributed by atoms with Crippen LogP contribution in [0.1, 0.15) is 26.2 Å². The van der Waals surface area contributed by atoms with E-state index in [0.717, 1.165) is 5.75 Å². The number of rotatable bonds is 4. The van der Waals surface area contributed by atoms with Gasteiger partial charge in [-0.2, -0.15) is 0 Å². The maximum absolute atomic E-state index is 4.68. The summed E-state index contributed by atoms with van der Waals surface area (Å²) in [6.45, 7) is 2.20. The zero-order chi connectivity index (χ0) is 5.54. The number of unbranched alkanes of at least 4 members (excludes halogenated alkanes) is 2. The van der Waals surface area contributed by atoms with Gasteiger partial charge in [-0.25, -0.2) is 0 Å². The van der Waals surface area contributed by atoms with Crippen LogP contribution in [0.3, 0.4) is 0 Å². The van der Waals surface area contributed by atoms with E-state index in [0.29, 0.717) is 0 Å². The molecule has 0 saturated heterocycles. The van der Waals surface area contributed by atoms with Crippen LogP contribution < -0.4 is 0 Å². The summed E-state index contributed by atoms with van der Waals surface area (Å²) in [7, 11) is 1.52. The molecule has 0 fully saturated rings. The normalized spacial score (nSPS) is 8.25. The van der Waals surface area contributed by atoms with Gasteiger partial charge in [0.15, 0.2) is 0 Å². The van der Waals surface area contributed by atoms with Crippen molar-refractivity contribution in [1.29, 1.82) is 0 Å². The van der Waals surface area contributed by atoms with E-state index in [2.05, 4.69) is 18.6 Å². The maximum Gasteiger partial charge on any atom is 0 e. The third-order valence-electron chi connectivity index (χ3n) is 0.831. The summed E-state index contributed by atoms with van der Waals surface area (Å²) in [5.74, 6) is 1.16. The fourth-order valence-corrected chi connectivity index (χ4v) is 1.09. The van der Waals surface area contributed by atoms with Crippen molar-refractivity contribution < 1.29 is 19.5 Å². The average Bonchev–Trinajstić information content (AvgIpc) is 1.69. The van der Waals surface area contributed by atoms with Gasteiger partial charge in [0.1, 0.15) is 0 Å². The fraction of sp³-hybridized carbons (Fsp3) is 1.00. The molecule has 0 aliphatic carbocycles. The van der Waals surface area contributed by atoms with E-state index in [-0.39, 0.29) is 19.5 Å². The Morgan fingerprint density at radius 2 is 2.00 bits per heavy atom. The summed E-state index contributed by atoms with van der Waals surface area (Å²) in [5.41, 5.74) is 0. The van der Waals surface area contributed by atoms with Crippen LogP contribution in [0.15, 0.2) is 0 Å². The molecule has 0 aromatic rings. The van der Waals surface area contributed by atoms with Gasteiger partial charge in [0, 0.05) is 19.5 Å². The Morgan fingerprint density at radius 3 is 2.38 bits per heavy atom. The SMILES string of the molecule is CCCCCS[S-].[Zn]. The summed E-state index contributed by atoms with van der Waals surface area (Å²) in [4.78, 5) is 0. The third-order valence-corrected chi connectivity index (χ3v) is 1.79. The molecule has 0 aromatic carbocycles. The molecule has 0 radical (unpaired) electrons. The smallest absolute Gasteiger partial charge is 0 e. The molecule has 0 bridgehead atoms. The molecule has 0 N–H and O–H groups in total. The van der Waals surface area contributed by atoms with E-state index in [1.165, 1.54) is 30.1 Å². The van der Waals surface area contributed by atoms with Crippen molar-refractivity contribution in [3.05, 3.63) is 0 Å². The molecule has 0 amide bonds. The molecule has 8 heavy (non-hydrogen) atoms. The Labute approximate surface area is 73.8 Å². The van der Waals surface area contributed by atoms with Gasteiger partial charge >= 0.3 is 0 Å². The molecule has 0 aliphatic rings. The molecule has 0 aromatic heterocycles. The first-order valence-corrected chi connectivity index (χ1v) is 4.57. The van der Waals surface area contributed by atoms with E-state index in [1.54, 1.807) is 0 Å². The van der Waals surface area contributed by atoms with E-state index >= 15 is 0 Å². The van der Waals surface area contributed by atoms with E-state index in [4.69, 9.17) is 0 Å². The monoisotopic (exact) mass is 199 g/mol. The minimum Gasteiger partial charge on any atom is -0.719 e. The summed E-state index contributed by atoms with van der Waals surface area (Å²) in [5, 5.41) is 0. The predicted molar refractivity (Wildman–Crippen MR) is 39.3 cm³/mol. The van der Waals surface area contributed by atoms with Gasteiger partial charge < -0.3 is 22.5 Å². The van der Waals surface area contributed by atoms with Crippen LogP contribution in [0.2, 0.25) is 0 Å². The zero-order valence-corrected chi connectivity index (χ0v) is 9.95. The first kappa shape index (κ1) is 12.0. The standard InChI is InChI=1S/C5H12S2.Zn/c1-2-3-4-5-7-6;/h6H,2-5H2,1H3;/p-1. The Morgan fingerprint density at radius 1 is 1.38 bits per heavy atom. The van der Waals surface area contributed by atoms with E-state index < -0.39 is 0 Å². The molecular formula is C5H11S2Zn-.